The Balaban J connectivity index is 1.72. The van der Waals surface area contributed by atoms with Gasteiger partial charge in [-0.25, -0.2) is 0 Å². The normalized spacial score (nSPS) is 33.4. The average Bonchev–Trinajstić information content (AvgIpc) is 2.74. The maximum Gasteiger partial charge on any atom is 0.0219 e. The summed E-state index contributed by atoms with van der Waals surface area (Å²) >= 11 is 2.16. The maximum absolute atomic E-state index is 3.27. The quantitative estimate of drug-likeness (QED) is 0.814. The van der Waals surface area contributed by atoms with Crippen molar-refractivity contribution in [2.24, 2.45) is 5.92 Å². The van der Waals surface area contributed by atoms with Crippen LogP contribution in [0.3, 0.4) is 0 Å². The largest absolute Gasteiger partial charge is 0.320 e. The predicted octanol–water partition coefficient (Wildman–Crippen LogP) is 2.20. The first-order chi connectivity index (χ1) is 7.81. The lowest BCUT2D eigenvalue weighted by Gasteiger charge is -2.37. The number of hydrogen-bond donors (Lipinski definition) is 1. The maximum atomic E-state index is 3.27. The molecule has 2 saturated heterocycles. The van der Waals surface area contributed by atoms with Gasteiger partial charge in [0.25, 0.3) is 0 Å². The molecule has 0 aromatic heterocycles. The summed E-state index contributed by atoms with van der Waals surface area (Å²) in [5.41, 5.74) is 0. The van der Waals surface area contributed by atoms with Crippen LogP contribution in [0.5, 0.6) is 0 Å². The molecule has 2 unspecified atom stereocenters. The van der Waals surface area contributed by atoms with Crippen molar-refractivity contribution in [3.63, 3.8) is 0 Å². The fourth-order valence-corrected chi connectivity index (χ4v) is 4.40. The number of hydrogen-bond acceptors (Lipinski definition) is 3. The Hall–Kier alpha value is 0.270. The van der Waals surface area contributed by atoms with Crippen molar-refractivity contribution in [2.45, 2.75) is 43.9 Å². The van der Waals surface area contributed by atoms with Crippen molar-refractivity contribution in [1.29, 1.82) is 0 Å². The van der Waals surface area contributed by atoms with E-state index in [0.717, 1.165) is 17.2 Å². The van der Waals surface area contributed by atoms with E-state index in [1.807, 2.05) is 0 Å². The third-order valence-electron chi connectivity index (χ3n) is 4.26. The highest BCUT2D eigenvalue weighted by atomic mass is 32.2. The van der Waals surface area contributed by atoms with E-state index in [1.54, 1.807) is 0 Å². The zero-order valence-electron chi connectivity index (χ0n) is 10.7. The smallest absolute Gasteiger partial charge is 0.0219 e. The Kier molecular flexibility index (Phi) is 4.98. The summed E-state index contributed by atoms with van der Waals surface area (Å²) in [5, 5.41) is 4.14. The summed E-state index contributed by atoms with van der Waals surface area (Å²) in [5.74, 6) is 2.36. The van der Waals surface area contributed by atoms with Crippen molar-refractivity contribution >= 4 is 11.8 Å². The molecule has 0 radical (unpaired) electrons. The molecule has 0 aromatic rings. The number of likely N-dealkylation sites (tertiary alicyclic amines) is 1. The summed E-state index contributed by atoms with van der Waals surface area (Å²) in [7, 11) is 2.06. The molecule has 3 heteroatoms. The van der Waals surface area contributed by atoms with Gasteiger partial charge in [-0.2, -0.15) is 11.8 Å². The molecule has 16 heavy (non-hydrogen) atoms. The highest BCUT2D eigenvalue weighted by Crippen LogP contribution is 2.32. The second-order valence-electron chi connectivity index (χ2n) is 5.30. The molecule has 0 bridgehead atoms. The molecule has 0 aliphatic carbocycles. The number of rotatable bonds is 4. The van der Waals surface area contributed by atoms with E-state index < -0.39 is 0 Å². The van der Waals surface area contributed by atoms with Gasteiger partial charge in [0.05, 0.1) is 0 Å². The van der Waals surface area contributed by atoms with Crippen LogP contribution in [0.1, 0.15) is 32.6 Å². The Labute approximate surface area is 105 Å². The number of piperidine rings is 1. The van der Waals surface area contributed by atoms with Gasteiger partial charge < -0.3 is 5.32 Å². The molecule has 2 fully saturated rings. The van der Waals surface area contributed by atoms with E-state index in [9.17, 15) is 0 Å². The summed E-state index contributed by atoms with van der Waals surface area (Å²) in [6.45, 7) is 6.31. The molecule has 94 valence electrons. The SMILES string of the molecule is CNCCC1CCN(C2CCSC2C)CC1. The molecule has 2 nitrogen and oxygen atoms in total. The van der Waals surface area contributed by atoms with Crippen LogP contribution in [0.2, 0.25) is 0 Å². The monoisotopic (exact) mass is 242 g/mol. The second-order valence-corrected chi connectivity index (χ2v) is 6.79. The van der Waals surface area contributed by atoms with Gasteiger partial charge in [-0.3, -0.25) is 4.90 Å². The number of nitrogens with zero attached hydrogens (tertiary/aromatic N) is 1. The van der Waals surface area contributed by atoms with Crippen molar-refractivity contribution < 1.29 is 0 Å². The highest BCUT2D eigenvalue weighted by molar-refractivity contribution is 8.00. The molecule has 2 aliphatic heterocycles. The van der Waals surface area contributed by atoms with E-state index >= 15 is 0 Å². The highest BCUT2D eigenvalue weighted by Gasteiger charge is 2.31. The fraction of sp³-hybridized carbons (Fsp3) is 1.00. The summed E-state index contributed by atoms with van der Waals surface area (Å²) in [6.07, 6.45) is 5.65. The number of thioether (sulfide) groups is 1. The van der Waals surface area contributed by atoms with Gasteiger partial charge >= 0.3 is 0 Å². The number of nitrogens with one attached hydrogen (secondary N) is 1. The summed E-state index contributed by atoms with van der Waals surface area (Å²) in [6, 6.07) is 0.884. The van der Waals surface area contributed by atoms with E-state index in [-0.39, 0.29) is 0 Å². The molecule has 1 N–H and O–H groups in total. The third kappa shape index (κ3) is 3.14. The van der Waals surface area contributed by atoms with Crippen LogP contribution in [0, 0.1) is 5.92 Å². The van der Waals surface area contributed by atoms with Crippen molar-refractivity contribution in [2.75, 3.05) is 32.4 Å². The zero-order chi connectivity index (χ0) is 11.4. The van der Waals surface area contributed by atoms with Gasteiger partial charge in [-0.15, -0.1) is 0 Å². The predicted molar refractivity (Wildman–Crippen MR) is 73.2 cm³/mol. The van der Waals surface area contributed by atoms with Crippen LogP contribution in [-0.2, 0) is 0 Å². The van der Waals surface area contributed by atoms with Crippen LogP contribution in [0.25, 0.3) is 0 Å². The van der Waals surface area contributed by atoms with Crippen LogP contribution >= 0.6 is 11.8 Å². The summed E-state index contributed by atoms with van der Waals surface area (Å²) < 4.78 is 0. The molecular weight excluding hydrogens is 216 g/mol. The standard InChI is InChI=1S/C13H26N2S/c1-11-13(6-10-16-11)15-8-4-12(5-9-15)3-7-14-2/h11-14H,3-10H2,1-2H3. The minimum Gasteiger partial charge on any atom is -0.320 e. The second kappa shape index (κ2) is 6.27. The first-order valence-electron chi connectivity index (χ1n) is 6.81. The first-order valence-corrected chi connectivity index (χ1v) is 7.86. The van der Waals surface area contributed by atoms with Gasteiger partial charge in [0, 0.05) is 11.3 Å². The average molecular weight is 242 g/mol. The lowest BCUT2D eigenvalue weighted by atomic mass is 9.92. The first kappa shape index (κ1) is 12.7. The van der Waals surface area contributed by atoms with Gasteiger partial charge in [0.15, 0.2) is 0 Å². The van der Waals surface area contributed by atoms with Crippen LogP contribution in [0.4, 0.5) is 0 Å². The van der Waals surface area contributed by atoms with Crippen LogP contribution in [-0.4, -0.2) is 48.6 Å². The topological polar surface area (TPSA) is 15.3 Å². The van der Waals surface area contributed by atoms with Gasteiger partial charge in [-0.1, -0.05) is 6.92 Å². The Bertz CT molecular complexity index is 202. The van der Waals surface area contributed by atoms with Crippen molar-refractivity contribution in [1.82, 2.24) is 10.2 Å². The minimum absolute atomic E-state index is 0.869. The fourth-order valence-electron chi connectivity index (χ4n) is 3.12. The Morgan fingerprint density at radius 1 is 1.25 bits per heavy atom. The molecule has 0 amide bonds. The van der Waals surface area contributed by atoms with Gasteiger partial charge in [0.1, 0.15) is 0 Å². The molecule has 0 aromatic carbocycles. The molecule has 0 spiro atoms. The van der Waals surface area contributed by atoms with Gasteiger partial charge in [0.2, 0.25) is 0 Å². The van der Waals surface area contributed by atoms with E-state index in [1.165, 1.54) is 51.1 Å². The third-order valence-corrected chi connectivity index (χ3v) is 5.57. The van der Waals surface area contributed by atoms with E-state index in [2.05, 4.69) is 35.9 Å². The van der Waals surface area contributed by atoms with Crippen molar-refractivity contribution in [3.8, 4) is 0 Å². The summed E-state index contributed by atoms with van der Waals surface area (Å²) in [4.78, 5) is 2.76. The Morgan fingerprint density at radius 3 is 2.56 bits per heavy atom. The lowest BCUT2D eigenvalue weighted by molar-refractivity contribution is 0.130. The van der Waals surface area contributed by atoms with E-state index in [4.69, 9.17) is 0 Å². The Morgan fingerprint density at radius 2 is 2.00 bits per heavy atom. The molecule has 2 aliphatic rings. The van der Waals surface area contributed by atoms with Crippen molar-refractivity contribution in [3.05, 3.63) is 0 Å². The molecule has 2 heterocycles. The van der Waals surface area contributed by atoms with Gasteiger partial charge in [-0.05, 0) is 64.0 Å². The molecule has 0 saturated carbocycles. The minimum atomic E-state index is 0.869. The van der Waals surface area contributed by atoms with Crippen LogP contribution < -0.4 is 5.32 Å². The molecule has 2 rings (SSSR count). The van der Waals surface area contributed by atoms with E-state index in [0.29, 0.717) is 0 Å². The lowest BCUT2D eigenvalue weighted by Crippen LogP contribution is -2.44. The zero-order valence-corrected chi connectivity index (χ0v) is 11.6. The molecular formula is C13H26N2S. The molecule has 2 atom stereocenters. The van der Waals surface area contributed by atoms with Crippen LogP contribution in [0.15, 0.2) is 0 Å².